The molecule has 0 aliphatic rings. The molecule has 6 N–H and O–H groups in total. The number of anilines is 2. The van der Waals surface area contributed by atoms with Gasteiger partial charge in [-0.15, -0.1) is 0 Å². The highest BCUT2D eigenvalue weighted by Gasteiger charge is 2.31. The van der Waals surface area contributed by atoms with Crippen LogP contribution in [0.5, 0.6) is 0 Å². The van der Waals surface area contributed by atoms with Gasteiger partial charge in [-0.1, -0.05) is 0 Å². The van der Waals surface area contributed by atoms with Crippen molar-refractivity contribution in [1.82, 2.24) is 10.6 Å². The normalized spacial score (nSPS) is 11.3. The zero-order valence-electron chi connectivity index (χ0n) is 22.8. The van der Waals surface area contributed by atoms with Crippen LogP contribution in [-0.2, 0) is 22.3 Å². The van der Waals surface area contributed by atoms with Gasteiger partial charge in [0, 0.05) is 12.1 Å². The fourth-order valence-corrected chi connectivity index (χ4v) is 3.66. The van der Waals surface area contributed by atoms with Crippen molar-refractivity contribution in [2.75, 3.05) is 57.0 Å². The first kappa shape index (κ1) is 33.7. The molecule has 0 fully saturated rings. The fraction of sp³-hybridized carbons (Fsp3) is 0.481. The largest absolute Gasteiger partial charge is 0.465 e. The lowest BCUT2D eigenvalue weighted by molar-refractivity contribution is -0.137. The molecule has 2 aromatic carbocycles. The molecule has 0 spiro atoms. The predicted octanol–water partition coefficient (Wildman–Crippen LogP) is 4.63. The number of hydrogen-bond donors (Lipinski definition) is 5. The lowest BCUT2D eigenvalue weighted by Gasteiger charge is -2.15. The van der Waals surface area contributed by atoms with Crippen molar-refractivity contribution in [2.45, 2.75) is 38.5 Å². The summed E-state index contributed by atoms with van der Waals surface area (Å²) in [6.07, 6.45) is -2.29. The average molecular weight is 590 g/mol. The summed E-state index contributed by atoms with van der Waals surface area (Å²) in [5.41, 5.74) is 3.32. The van der Waals surface area contributed by atoms with Crippen molar-refractivity contribution in [3.63, 3.8) is 0 Å². The Morgan fingerprint density at radius 2 is 1.51 bits per heavy atom. The van der Waals surface area contributed by atoms with E-state index in [2.05, 4.69) is 26.0 Å². The molecule has 2 aromatic rings. The van der Waals surface area contributed by atoms with E-state index >= 15 is 0 Å². The zero-order chi connectivity index (χ0) is 30.3. The molecule has 0 aliphatic carbocycles. The first-order valence-corrected chi connectivity index (χ1v) is 13.1. The van der Waals surface area contributed by atoms with Crippen LogP contribution in [0.1, 0.15) is 47.2 Å². The molecule has 0 unspecified atom stereocenters. The third kappa shape index (κ3) is 11.9. The molecule has 0 heterocycles. The number of methoxy groups -OCH3 is 1. The van der Waals surface area contributed by atoms with Gasteiger partial charge in [0.1, 0.15) is 18.2 Å². The van der Waals surface area contributed by atoms with Gasteiger partial charge in [0.2, 0.25) is 0 Å². The van der Waals surface area contributed by atoms with Gasteiger partial charge in [-0.2, -0.15) is 13.2 Å². The number of amides is 1. The number of halogens is 5. The van der Waals surface area contributed by atoms with E-state index in [9.17, 15) is 31.5 Å². The van der Waals surface area contributed by atoms with Crippen molar-refractivity contribution in [3.05, 3.63) is 58.7 Å². The number of ether oxygens (including phenoxy) is 2. The van der Waals surface area contributed by atoms with Crippen molar-refractivity contribution in [2.24, 2.45) is 5.73 Å². The highest BCUT2D eigenvalue weighted by molar-refractivity contribution is 6.00. The van der Waals surface area contributed by atoms with E-state index in [1.165, 1.54) is 6.07 Å². The minimum Gasteiger partial charge on any atom is -0.465 e. The third-order valence-electron chi connectivity index (χ3n) is 5.84. The van der Waals surface area contributed by atoms with E-state index in [4.69, 9.17) is 10.5 Å². The molecule has 14 heteroatoms. The number of nitrogens with two attached hydrogens (primary N) is 1. The minimum atomic E-state index is -4.71. The maximum Gasteiger partial charge on any atom is 0.416 e. The van der Waals surface area contributed by atoms with Gasteiger partial charge in [0.15, 0.2) is 0 Å². The topological polar surface area (TPSA) is 127 Å². The second-order valence-electron chi connectivity index (χ2n) is 9.00. The number of esters is 1. The highest BCUT2D eigenvalue weighted by atomic mass is 19.4. The maximum absolute atomic E-state index is 14.7. The van der Waals surface area contributed by atoms with Crippen LogP contribution >= 0.6 is 0 Å². The van der Waals surface area contributed by atoms with Gasteiger partial charge in [-0.3, -0.25) is 5.32 Å². The lowest BCUT2D eigenvalue weighted by atomic mass is 10.1. The molecule has 2 rings (SSSR count). The van der Waals surface area contributed by atoms with Crippen molar-refractivity contribution in [3.8, 4) is 0 Å². The zero-order valence-corrected chi connectivity index (χ0v) is 22.8. The summed E-state index contributed by atoms with van der Waals surface area (Å²) >= 11 is 0. The summed E-state index contributed by atoms with van der Waals surface area (Å²) in [5, 5.41) is 11.7. The molecular formula is C27H36F5N5O4. The Labute approximate surface area is 235 Å². The van der Waals surface area contributed by atoms with Crippen LogP contribution in [0.25, 0.3) is 0 Å². The number of alkyl halides is 3. The number of hydrogen-bond acceptors (Lipinski definition) is 8. The molecule has 0 bridgehead atoms. The Balaban J connectivity index is 1.90. The first-order chi connectivity index (χ1) is 19.6. The number of carbonyl (C=O) groups is 2. The van der Waals surface area contributed by atoms with Crippen LogP contribution < -0.4 is 27.0 Å². The van der Waals surface area contributed by atoms with Gasteiger partial charge >= 0.3 is 18.2 Å². The molecule has 0 atom stereocenters. The first-order valence-electron chi connectivity index (χ1n) is 13.1. The van der Waals surface area contributed by atoms with Crippen molar-refractivity contribution >= 4 is 23.4 Å². The van der Waals surface area contributed by atoms with Crippen LogP contribution in [0.2, 0.25) is 0 Å². The van der Waals surface area contributed by atoms with Crippen LogP contribution in [-0.4, -0.2) is 58.4 Å². The van der Waals surface area contributed by atoms with Crippen LogP contribution in [0.4, 0.5) is 38.1 Å². The smallest absolute Gasteiger partial charge is 0.416 e. The van der Waals surface area contributed by atoms with E-state index in [1.54, 1.807) is 0 Å². The number of carbonyl (C=O) groups excluding carboxylic acids is 2. The molecule has 0 aliphatic heterocycles. The molecule has 41 heavy (non-hydrogen) atoms. The van der Waals surface area contributed by atoms with Crippen LogP contribution in [0.15, 0.2) is 30.3 Å². The lowest BCUT2D eigenvalue weighted by Crippen LogP contribution is -2.22. The Bertz CT molecular complexity index is 1130. The fourth-order valence-electron chi connectivity index (χ4n) is 3.66. The standard InChI is InChI=1S/C27H36F5N5O4/c1-40-25(38)20-15-22(29)24(36-13-5-12-35-10-3-2-9-34-11-4-8-33)16-23(20)37-26(39)41-17-18-14-19(27(30,31)32)6-7-21(18)28/h6-7,14-16,34-36H,2-5,8-13,17,33H2,1H3,(H,37,39). The van der Waals surface area contributed by atoms with E-state index in [1.807, 2.05) is 0 Å². The highest BCUT2D eigenvalue weighted by Crippen LogP contribution is 2.31. The monoisotopic (exact) mass is 589 g/mol. The summed E-state index contributed by atoms with van der Waals surface area (Å²) in [6, 6.07) is 3.75. The maximum atomic E-state index is 14.7. The van der Waals surface area contributed by atoms with Crippen molar-refractivity contribution in [1.29, 1.82) is 0 Å². The van der Waals surface area contributed by atoms with Gasteiger partial charge in [-0.25, -0.2) is 18.4 Å². The minimum absolute atomic E-state index is 0.0135. The number of rotatable bonds is 17. The average Bonchev–Trinajstić information content (AvgIpc) is 2.93. The Hall–Kier alpha value is -3.49. The van der Waals surface area contributed by atoms with Crippen LogP contribution in [0, 0.1) is 11.6 Å². The molecular weight excluding hydrogens is 553 g/mol. The van der Waals surface area contributed by atoms with E-state index in [0.717, 1.165) is 52.1 Å². The summed E-state index contributed by atoms with van der Waals surface area (Å²) < 4.78 is 76.8. The summed E-state index contributed by atoms with van der Waals surface area (Å²) in [4.78, 5) is 24.5. The number of nitrogens with one attached hydrogen (secondary N) is 4. The molecule has 0 radical (unpaired) electrons. The second kappa shape index (κ2) is 17.4. The van der Waals surface area contributed by atoms with E-state index in [0.29, 0.717) is 44.3 Å². The Morgan fingerprint density at radius 3 is 2.15 bits per heavy atom. The molecule has 0 aromatic heterocycles. The van der Waals surface area contributed by atoms with E-state index < -0.39 is 47.6 Å². The molecule has 0 saturated carbocycles. The summed E-state index contributed by atoms with van der Waals surface area (Å²) in [5.74, 6) is -2.72. The number of benzene rings is 2. The summed E-state index contributed by atoms with van der Waals surface area (Å²) in [6.45, 7) is 3.57. The Kier molecular flexibility index (Phi) is 14.3. The molecule has 1 amide bonds. The van der Waals surface area contributed by atoms with Gasteiger partial charge in [0.25, 0.3) is 0 Å². The second-order valence-corrected chi connectivity index (χ2v) is 9.00. The van der Waals surface area contributed by atoms with Crippen LogP contribution in [0.3, 0.4) is 0 Å². The molecule has 0 saturated heterocycles. The van der Waals surface area contributed by atoms with Gasteiger partial charge < -0.3 is 31.2 Å². The van der Waals surface area contributed by atoms with Crippen molar-refractivity contribution < 1.29 is 41.0 Å². The number of unbranched alkanes of at least 4 members (excludes halogenated alkanes) is 1. The summed E-state index contributed by atoms with van der Waals surface area (Å²) in [7, 11) is 1.07. The Morgan fingerprint density at radius 1 is 0.854 bits per heavy atom. The molecule has 9 nitrogen and oxygen atoms in total. The SMILES string of the molecule is COC(=O)c1cc(F)c(NCCCNCCCCNCCCN)cc1NC(=O)OCc1cc(C(F)(F)F)ccc1F. The van der Waals surface area contributed by atoms with E-state index in [-0.39, 0.29) is 16.9 Å². The van der Waals surface area contributed by atoms with Gasteiger partial charge in [-0.05, 0) is 88.7 Å². The predicted molar refractivity (Wildman–Crippen MR) is 145 cm³/mol. The van der Waals surface area contributed by atoms with Gasteiger partial charge in [0.05, 0.1) is 29.6 Å². The quantitative estimate of drug-likeness (QED) is 0.103. The molecule has 228 valence electrons. The third-order valence-corrected chi connectivity index (χ3v) is 5.84.